The first-order valence-corrected chi connectivity index (χ1v) is 13.1. The molecule has 0 spiro atoms. The molecule has 2 aliphatic rings. The summed E-state index contributed by atoms with van der Waals surface area (Å²) < 4.78 is 5.71. The van der Waals surface area contributed by atoms with Gasteiger partial charge in [-0.15, -0.1) is 0 Å². The Hall–Kier alpha value is -3.17. The SMILES string of the molecule is COc1cccc(N(C)C)c1CN1CCC(N2C(N)c3ccccc3N(Cc3ccccn3)C2N)CC1. The third-order valence-electron chi connectivity index (χ3n) is 7.74. The van der Waals surface area contributed by atoms with Gasteiger partial charge in [-0.1, -0.05) is 30.3 Å². The van der Waals surface area contributed by atoms with E-state index in [2.05, 4.69) is 81.1 Å². The zero-order valence-electron chi connectivity index (χ0n) is 22.1. The molecule has 2 unspecified atom stereocenters. The number of para-hydroxylation sites is 1. The first kappa shape index (κ1) is 25.5. The zero-order chi connectivity index (χ0) is 25.9. The van der Waals surface area contributed by atoms with E-state index in [9.17, 15) is 0 Å². The summed E-state index contributed by atoms with van der Waals surface area (Å²) in [6.07, 6.45) is 3.29. The van der Waals surface area contributed by atoms with E-state index < -0.39 is 0 Å². The number of piperidine rings is 1. The molecule has 0 bridgehead atoms. The second kappa shape index (κ2) is 11.1. The molecular formula is C29H39N7O. The molecule has 2 aromatic carbocycles. The standard InChI is InChI=1S/C29H39N7O/c1-33(2)25-12-8-13-27(37-3)24(25)20-34-17-14-22(15-18-34)36-28(30)23-10-4-5-11-26(23)35(29(36)31)19-21-9-6-7-16-32-21/h4-13,16,22,28-29H,14-15,17-20,30-31H2,1-3H3. The lowest BCUT2D eigenvalue weighted by atomic mass is 9.97. The number of hydrogen-bond acceptors (Lipinski definition) is 8. The molecule has 3 heterocycles. The number of aromatic nitrogens is 1. The van der Waals surface area contributed by atoms with Crippen molar-refractivity contribution in [3.05, 3.63) is 83.7 Å². The second-order valence-electron chi connectivity index (χ2n) is 10.2. The van der Waals surface area contributed by atoms with E-state index in [1.54, 1.807) is 7.11 Å². The Kier molecular flexibility index (Phi) is 7.62. The number of likely N-dealkylation sites (tertiary alicyclic amines) is 1. The normalized spacial score (nSPS) is 21.1. The van der Waals surface area contributed by atoms with Crippen molar-refractivity contribution in [3.8, 4) is 5.75 Å². The third kappa shape index (κ3) is 5.15. The fourth-order valence-corrected chi connectivity index (χ4v) is 5.84. The van der Waals surface area contributed by atoms with Crippen LogP contribution in [0.2, 0.25) is 0 Å². The number of anilines is 2. The van der Waals surface area contributed by atoms with Crippen LogP contribution >= 0.6 is 0 Å². The van der Waals surface area contributed by atoms with Crippen LogP contribution in [0.5, 0.6) is 5.75 Å². The van der Waals surface area contributed by atoms with Crippen molar-refractivity contribution in [2.24, 2.45) is 11.5 Å². The highest BCUT2D eigenvalue weighted by Gasteiger charge is 2.40. The van der Waals surface area contributed by atoms with Gasteiger partial charge in [0.25, 0.3) is 0 Å². The van der Waals surface area contributed by atoms with Gasteiger partial charge in [0.15, 0.2) is 0 Å². The molecule has 37 heavy (non-hydrogen) atoms. The lowest BCUT2D eigenvalue weighted by Gasteiger charge is -2.51. The topological polar surface area (TPSA) is 87.1 Å². The van der Waals surface area contributed by atoms with Crippen LogP contribution in [0.25, 0.3) is 0 Å². The van der Waals surface area contributed by atoms with Crippen molar-refractivity contribution >= 4 is 11.4 Å². The van der Waals surface area contributed by atoms with E-state index in [1.807, 2.05) is 24.4 Å². The van der Waals surface area contributed by atoms with Crippen molar-refractivity contribution in [2.45, 2.75) is 44.4 Å². The van der Waals surface area contributed by atoms with Crippen molar-refractivity contribution < 1.29 is 4.74 Å². The summed E-state index contributed by atoms with van der Waals surface area (Å²) in [5.74, 6) is 0.940. The number of nitrogens with zero attached hydrogens (tertiary/aromatic N) is 5. The first-order chi connectivity index (χ1) is 18.0. The predicted octanol–water partition coefficient (Wildman–Crippen LogP) is 3.34. The highest BCUT2D eigenvalue weighted by molar-refractivity contribution is 5.59. The van der Waals surface area contributed by atoms with Crippen LogP contribution in [0.15, 0.2) is 66.9 Å². The Balaban J connectivity index is 1.33. The minimum Gasteiger partial charge on any atom is -0.496 e. The highest BCUT2D eigenvalue weighted by atomic mass is 16.5. The van der Waals surface area contributed by atoms with Gasteiger partial charge in [0, 0.05) is 55.4 Å². The minimum absolute atomic E-state index is 0.239. The molecular weight excluding hydrogens is 462 g/mol. The van der Waals surface area contributed by atoms with Gasteiger partial charge < -0.3 is 20.3 Å². The molecule has 8 heteroatoms. The number of methoxy groups -OCH3 is 1. The molecule has 0 aliphatic carbocycles. The molecule has 0 amide bonds. The van der Waals surface area contributed by atoms with Crippen molar-refractivity contribution in [1.82, 2.24) is 14.8 Å². The maximum absolute atomic E-state index is 6.96. The maximum atomic E-state index is 6.96. The van der Waals surface area contributed by atoms with Gasteiger partial charge in [-0.05, 0) is 56.3 Å². The smallest absolute Gasteiger partial charge is 0.136 e. The molecule has 0 saturated carbocycles. The third-order valence-corrected chi connectivity index (χ3v) is 7.74. The fraction of sp³-hybridized carbons (Fsp3) is 0.414. The van der Waals surface area contributed by atoms with E-state index in [0.29, 0.717) is 12.6 Å². The summed E-state index contributed by atoms with van der Waals surface area (Å²) in [4.78, 5) is 13.8. The number of pyridine rings is 1. The zero-order valence-corrected chi connectivity index (χ0v) is 22.1. The molecule has 1 aromatic heterocycles. The highest BCUT2D eigenvalue weighted by Crippen LogP contribution is 2.39. The van der Waals surface area contributed by atoms with Crippen molar-refractivity contribution in [2.75, 3.05) is 44.1 Å². The summed E-state index contributed by atoms with van der Waals surface area (Å²) in [6.45, 7) is 3.46. The Morgan fingerprint density at radius 3 is 2.41 bits per heavy atom. The van der Waals surface area contributed by atoms with E-state index in [-0.39, 0.29) is 12.5 Å². The fourth-order valence-electron chi connectivity index (χ4n) is 5.84. The Morgan fingerprint density at radius 1 is 0.946 bits per heavy atom. The summed E-state index contributed by atoms with van der Waals surface area (Å²) in [5, 5.41) is 0. The maximum Gasteiger partial charge on any atom is 0.136 e. The summed E-state index contributed by atoms with van der Waals surface area (Å²) >= 11 is 0. The summed E-state index contributed by atoms with van der Waals surface area (Å²) in [5.41, 5.74) is 19.5. The van der Waals surface area contributed by atoms with Crippen LogP contribution < -0.4 is 26.0 Å². The molecule has 4 N–H and O–H groups in total. The number of fused-ring (bicyclic) bond motifs is 1. The van der Waals surface area contributed by atoms with Gasteiger partial charge in [0.2, 0.25) is 0 Å². The van der Waals surface area contributed by atoms with Crippen molar-refractivity contribution in [3.63, 3.8) is 0 Å². The largest absolute Gasteiger partial charge is 0.496 e. The second-order valence-corrected chi connectivity index (χ2v) is 10.2. The van der Waals surface area contributed by atoms with Gasteiger partial charge >= 0.3 is 0 Å². The summed E-state index contributed by atoms with van der Waals surface area (Å²) in [6, 6.07) is 20.9. The Morgan fingerprint density at radius 2 is 1.70 bits per heavy atom. The number of benzene rings is 2. The molecule has 1 saturated heterocycles. The molecule has 8 nitrogen and oxygen atoms in total. The van der Waals surface area contributed by atoms with Gasteiger partial charge in [-0.25, -0.2) is 4.90 Å². The van der Waals surface area contributed by atoms with Crippen LogP contribution in [0.4, 0.5) is 11.4 Å². The Labute approximate surface area is 220 Å². The van der Waals surface area contributed by atoms with E-state index in [4.69, 9.17) is 16.2 Å². The molecule has 196 valence electrons. The van der Waals surface area contributed by atoms with Gasteiger partial charge in [0.05, 0.1) is 25.5 Å². The van der Waals surface area contributed by atoms with Crippen LogP contribution in [0, 0.1) is 0 Å². The molecule has 5 rings (SSSR count). The lowest BCUT2D eigenvalue weighted by Crippen LogP contribution is -2.64. The number of ether oxygens (including phenoxy) is 1. The first-order valence-electron chi connectivity index (χ1n) is 13.1. The number of rotatable bonds is 7. The van der Waals surface area contributed by atoms with E-state index in [0.717, 1.165) is 55.2 Å². The average molecular weight is 502 g/mol. The molecule has 2 aliphatic heterocycles. The molecule has 1 fully saturated rings. The van der Waals surface area contributed by atoms with E-state index >= 15 is 0 Å². The summed E-state index contributed by atoms with van der Waals surface area (Å²) in [7, 11) is 5.91. The molecule has 3 aromatic rings. The average Bonchev–Trinajstić information content (AvgIpc) is 2.92. The van der Waals surface area contributed by atoms with Crippen LogP contribution in [0.3, 0.4) is 0 Å². The number of hydrogen-bond donors (Lipinski definition) is 2. The van der Waals surface area contributed by atoms with Crippen LogP contribution in [-0.2, 0) is 13.1 Å². The van der Waals surface area contributed by atoms with Crippen molar-refractivity contribution in [1.29, 1.82) is 0 Å². The van der Waals surface area contributed by atoms with E-state index in [1.165, 1.54) is 11.3 Å². The minimum atomic E-state index is -0.321. The van der Waals surface area contributed by atoms with Gasteiger partial charge in [0.1, 0.15) is 12.0 Å². The van der Waals surface area contributed by atoms with Crippen LogP contribution in [0.1, 0.15) is 35.8 Å². The van der Waals surface area contributed by atoms with Gasteiger partial charge in [-0.3, -0.25) is 15.6 Å². The predicted molar refractivity (Wildman–Crippen MR) is 149 cm³/mol. The molecule has 0 radical (unpaired) electrons. The monoisotopic (exact) mass is 501 g/mol. The number of nitrogens with two attached hydrogens (primary N) is 2. The lowest BCUT2D eigenvalue weighted by molar-refractivity contribution is 0.0278. The van der Waals surface area contributed by atoms with Crippen LogP contribution in [-0.4, -0.2) is 61.4 Å². The molecule has 2 atom stereocenters. The quantitative estimate of drug-likeness (QED) is 0.510. The Bertz CT molecular complexity index is 1180. The van der Waals surface area contributed by atoms with Gasteiger partial charge in [-0.2, -0.15) is 0 Å².